The fourth-order valence-electron chi connectivity index (χ4n) is 1.73. The summed E-state index contributed by atoms with van der Waals surface area (Å²) in [6.07, 6.45) is 3.52. The number of nitrogens with two attached hydrogens (primary N) is 1. The van der Waals surface area contributed by atoms with Crippen LogP contribution in [0.25, 0.3) is 0 Å². The van der Waals surface area contributed by atoms with Crippen molar-refractivity contribution in [3.63, 3.8) is 0 Å². The number of rotatable bonds is 3. The maximum atomic E-state index is 8.93. The molecule has 4 nitrogen and oxygen atoms in total. The van der Waals surface area contributed by atoms with E-state index >= 15 is 0 Å². The maximum absolute atomic E-state index is 8.93. The van der Waals surface area contributed by atoms with Crippen LogP contribution in [0.4, 0.5) is 11.4 Å². The summed E-state index contributed by atoms with van der Waals surface area (Å²) >= 11 is 0. The number of aromatic nitrogens is 1. The van der Waals surface area contributed by atoms with E-state index in [2.05, 4.69) is 23.3 Å². The molecule has 2 rings (SSSR count). The van der Waals surface area contributed by atoms with Crippen LogP contribution in [0.3, 0.4) is 0 Å². The zero-order chi connectivity index (χ0) is 13.0. The summed E-state index contributed by atoms with van der Waals surface area (Å²) in [5, 5.41) is 12.3. The smallest absolute Gasteiger partial charge is 0.101 e. The van der Waals surface area contributed by atoms with Crippen molar-refractivity contribution in [1.82, 2.24) is 4.98 Å². The van der Waals surface area contributed by atoms with E-state index in [0.717, 1.165) is 11.3 Å². The molecule has 0 fully saturated rings. The Labute approximate surface area is 106 Å². The standard InChI is InChI=1S/C14H14N4/c1-10(11-4-6-17-7-5-11)18-13-2-3-14(16)12(8-13)9-15/h2-8,10,18H,16H2,1H3. The summed E-state index contributed by atoms with van der Waals surface area (Å²) < 4.78 is 0. The lowest BCUT2D eigenvalue weighted by Crippen LogP contribution is -2.07. The minimum atomic E-state index is 0.142. The highest BCUT2D eigenvalue weighted by atomic mass is 14.9. The van der Waals surface area contributed by atoms with Gasteiger partial charge < -0.3 is 11.1 Å². The summed E-state index contributed by atoms with van der Waals surface area (Å²) in [5.41, 5.74) is 8.69. The molecule has 2 aromatic rings. The van der Waals surface area contributed by atoms with Crippen LogP contribution in [0.1, 0.15) is 24.1 Å². The molecule has 1 aromatic carbocycles. The quantitative estimate of drug-likeness (QED) is 0.806. The number of anilines is 2. The van der Waals surface area contributed by atoms with Crippen molar-refractivity contribution in [2.75, 3.05) is 11.1 Å². The first-order valence-electron chi connectivity index (χ1n) is 5.67. The molecule has 18 heavy (non-hydrogen) atoms. The Morgan fingerprint density at radius 3 is 2.67 bits per heavy atom. The van der Waals surface area contributed by atoms with E-state index in [1.807, 2.05) is 18.2 Å². The van der Waals surface area contributed by atoms with Gasteiger partial charge in [0.1, 0.15) is 6.07 Å². The van der Waals surface area contributed by atoms with E-state index < -0.39 is 0 Å². The Hall–Kier alpha value is -2.54. The number of benzene rings is 1. The highest BCUT2D eigenvalue weighted by molar-refractivity contribution is 5.62. The van der Waals surface area contributed by atoms with Gasteiger partial charge in [-0.25, -0.2) is 0 Å². The molecule has 1 unspecified atom stereocenters. The van der Waals surface area contributed by atoms with Crippen LogP contribution in [-0.4, -0.2) is 4.98 Å². The lowest BCUT2D eigenvalue weighted by atomic mass is 10.1. The number of hydrogen-bond acceptors (Lipinski definition) is 4. The van der Waals surface area contributed by atoms with Gasteiger partial charge in [0.25, 0.3) is 0 Å². The van der Waals surface area contributed by atoms with Gasteiger partial charge in [-0.3, -0.25) is 4.98 Å². The second-order valence-electron chi connectivity index (χ2n) is 4.06. The Morgan fingerprint density at radius 2 is 2.00 bits per heavy atom. The molecule has 0 saturated heterocycles. The molecule has 0 radical (unpaired) electrons. The first kappa shape index (κ1) is 11.9. The van der Waals surface area contributed by atoms with Gasteiger partial charge in [-0.05, 0) is 42.8 Å². The van der Waals surface area contributed by atoms with Crippen molar-refractivity contribution in [3.8, 4) is 6.07 Å². The largest absolute Gasteiger partial charge is 0.398 e. The molecule has 0 aliphatic carbocycles. The number of nitrogen functional groups attached to an aromatic ring is 1. The SMILES string of the molecule is CC(Nc1ccc(N)c(C#N)c1)c1ccncc1. The van der Waals surface area contributed by atoms with E-state index in [1.54, 1.807) is 24.5 Å². The fourth-order valence-corrected chi connectivity index (χ4v) is 1.73. The number of hydrogen-bond donors (Lipinski definition) is 2. The van der Waals surface area contributed by atoms with Crippen molar-refractivity contribution < 1.29 is 0 Å². The van der Waals surface area contributed by atoms with Gasteiger partial charge in [-0.1, -0.05) is 0 Å². The van der Waals surface area contributed by atoms with Crippen molar-refractivity contribution in [1.29, 1.82) is 5.26 Å². The molecular formula is C14H14N4. The second-order valence-corrected chi connectivity index (χ2v) is 4.06. The molecular weight excluding hydrogens is 224 g/mol. The van der Waals surface area contributed by atoms with E-state index in [-0.39, 0.29) is 6.04 Å². The van der Waals surface area contributed by atoms with Crippen LogP contribution in [0.2, 0.25) is 0 Å². The van der Waals surface area contributed by atoms with Crippen LogP contribution in [-0.2, 0) is 0 Å². The predicted molar refractivity (Wildman–Crippen MR) is 71.8 cm³/mol. The number of nitrogens with one attached hydrogen (secondary N) is 1. The first-order chi connectivity index (χ1) is 8.70. The molecule has 0 saturated carbocycles. The van der Waals surface area contributed by atoms with Gasteiger partial charge in [-0.15, -0.1) is 0 Å². The van der Waals surface area contributed by atoms with Gasteiger partial charge in [0.15, 0.2) is 0 Å². The van der Waals surface area contributed by atoms with Gasteiger partial charge in [0.05, 0.1) is 5.56 Å². The second kappa shape index (κ2) is 5.19. The third-order valence-corrected chi connectivity index (χ3v) is 2.76. The lowest BCUT2D eigenvalue weighted by Gasteiger charge is -2.15. The molecule has 1 atom stereocenters. The van der Waals surface area contributed by atoms with Gasteiger partial charge in [0.2, 0.25) is 0 Å². The Kier molecular flexibility index (Phi) is 3.44. The van der Waals surface area contributed by atoms with Gasteiger partial charge >= 0.3 is 0 Å². The summed E-state index contributed by atoms with van der Waals surface area (Å²) in [7, 11) is 0. The van der Waals surface area contributed by atoms with Crippen molar-refractivity contribution in [2.24, 2.45) is 0 Å². The summed E-state index contributed by atoms with van der Waals surface area (Å²) in [4.78, 5) is 3.99. The molecule has 0 amide bonds. The third-order valence-electron chi connectivity index (χ3n) is 2.76. The van der Waals surface area contributed by atoms with Gasteiger partial charge in [0, 0.05) is 29.8 Å². The van der Waals surface area contributed by atoms with Crippen molar-refractivity contribution in [3.05, 3.63) is 53.9 Å². The molecule has 1 aromatic heterocycles. The normalized spacial score (nSPS) is 11.6. The Bertz CT molecular complexity index is 572. The van der Waals surface area contributed by atoms with E-state index in [0.29, 0.717) is 11.3 Å². The molecule has 0 aliphatic rings. The van der Waals surface area contributed by atoms with E-state index in [4.69, 9.17) is 11.0 Å². The van der Waals surface area contributed by atoms with E-state index in [9.17, 15) is 0 Å². The van der Waals surface area contributed by atoms with Crippen LogP contribution < -0.4 is 11.1 Å². The first-order valence-corrected chi connectivity index (χ1v) is 5.67. The number of pyridine rings is 1. The van der Waals surface area contributed by atoms with E-state index in [1.165, 1.54) is 0 Å². The molecule has 0 bridgehead atoms. The highest BCUT2D eigenvalue weighted by Crippen LogP contribution is 2.22. The minimum absolute atomic E-state index is 0.142. The minimum Gasteiger partial charge on any atom is -0.398 e. The number of nitriles is 1. The maximum Gasteiger partial charge on any atom is 0.101 e. The molecule has 90 valence electrons. The Morgan fingerprint density at radius 1 is 1.28 bits per heavy atom. The topological polar surface area (TPSA) is 74.7 Å². The fraction of sp³-hybridized carbons (Fsp3) is 0.143. The summed E-state index contributed by atoms with van der Waals surface area (Å²) in [6.45, 7) is 2.05. The lowest BCUT2D eigenvalue weighted by molar-refractivity contribution is 0.881. The molecule has 3 N–H and O–H groups in total. The zero-order valence-electron chi connectivity index (χ0n) is 10.1. The molecule has 4 heteroatoms. The third kappa shape index (κ3) is 2.58. The highest BCUT2D eigenvalue weighted by Gasteiger charge is 2.06. The molecule has 0 aliphatic heterocycles. The zero-order valence-corrected chi connectivity index (χ0v) is 10.1. The van der Waals surface area contributed by atoms with Crippen LogP contribution in [0.5, 0.6) is 0 Å². The van der Waals surface area contributed by atoms with Crippen LogP contribution in [0, 0.1) is 11.3 Å². The van der Waals surface area contributed by atoms with Gasteiger partial charge in [-0.2, -0.15) is 5.26 Å². The van der Waals surface area contributed by atoms with Crippen molar-refractivity contribution in [2.45, 2.75) is 13.0 Å². The monoisotopic (exact) mass is 238 g/mol. The number of nitrogens with zero attached hydrogens (tertiary/aromatic N) is 2. The van der Waals surface area contributed by atoms with Crippen LogP contribution >= 0.6 is 0 Å². The molecule has 1 heterocycles. The predicted octanol–water partition coefficient (Wildman–Crippen LogP) is 2.71. The Balaban J connectivity index is 2.18. The average Bonchev–Trinajstić information content (AvgIpc) is 2.42. The van der Waals surface area contributed by atoms with Crippen molar-refractivity contribution >= 4 is 11.4 Å². The van der Waals surface area contributed by atoms with Crippen LogP contribution in [0.15, 0.2) is 42.7 Å². The summed E-state index contributed by atoms with van der Waals surface area (Å²) in [5.74, 6) is 0. The molecule has 0 spiro atoms. The average molecular weight is 238 g/mol. The summed E-state index contributed by atoms with van der Waals surface area (Å²) in [6, 6.07) is 11.5.